The molecule has 0 saturated heterocycles. The highest BCUT2D eigenvalue weighted by Crippen LogP contribution is 2.31. The zero-order valence-corrected chi connectivity index (χ0v) is 19.6. The standard InChI is InChI=1S/C27H25ClN2O3/c1-4-18-6-5-7-21(14-18)29-27(32)26(31)25-17(2)30(16-19-8-10-20(28)11-9-19)24-13-12-22(33-3)15-23(24)25/h5-15H,4,16H2,1-3H3,(H,29,32). The fraction of sp³-hybridized carbons (Fsp3) is 0.185. The Kier molecular flexibility index (Phi) is 6.52. The largest absolute Gasteiger partial charge is 0.497 e. The summed E-state index contributed by atoms with van der Waals surface area (Å²) < 4.78 is 7.42. The van der Waals surface area contributed by atoms with Gasteiger partial charge in [0.15, 0.2) is 0 Å². The molecule has 0 aliphatic rings. The maximum absolute atomic E-state index is 13.4. The van der Waals surface area contributed by atoms with Gasteiger partial charge in [0.2, 0.25) is 0 Å². The second-order valence-corrected chi connectivity index (χ2v) is 8.33. The van der Waals surface area contributed by atoms with Crippen molar-refractivity contribution in [2.24, 2.45) is 0 Å². The van der Waals surface area contributed by atoms with E-state index in [1.807, 2.05) is 73.0 Å². The van der Waals surface area contributed by atoms with Gasteiger partial charge in [-0.3, -0.25) is 9.59 Å². The van der Waals surface area contributed by atoms with E-state index in [4.69, 9.17) is 16.3 Å². The van der Waals surface area contributed by atoms with Crippen LogP contribution in [0.3, 0.4) is 0 Å². The van der Waals surface area contributed by atoms with Crippen LogP contribution < -0.4 is 10.1 Å². The molecule has 0 unspecified atom stereocenters. The van der Waals surface area contributed by atoms with Crippen LogP contribution in [0.2, 0.25) is 5.02 Å². The van der Waals surface area contributed by atoms with Crippen LogP contribution in [0.25, 0.3) is 10.9 Å². The maximum Gasteiger partial charge on any atom is 0.296 e. The molecule has 4 aromatic rings. The Bertz CT molecular complexity index is 1340. The highest BCUT2D eigenvalue weighted by molar-refractivity contribution is 6.48. The second-order valence-electron chi connectivity index (χ2n) is 7.89. The molecule has 4 rings (SSSR count). The number of nitrogens with one attached hydrogen (secondary N) is 1. The first kappa shape index (κ1) is 22.6. The Morgan fingerprint density at radius 2 is 1.76 bits per heavy atom. The number of fused-ring (bicyclic) bond motifs is 1. The summed E-state index contributed by atoms with van der Waals surface area (Å²) in [4.78, 5) is 26.3. The van der Waals surface area contributed by atoms with Crippen molar-refractivity contribution in [2.45, 2.75) is 26.8 Å². The fourth-order valence-electron chi connectivity index (χ4n) is 4.02. The van der Waals surface area contributed by atoms with Gasteiger partial charge < -0.3 is 14.6 Å². The number of hydrogen-bond donors (Lipinski definition) is 1. The quantitative estimate of drug-likeness (QED) is 0.270. The predicted octanol–water partition coefficient (Wildman–Crippen LogP) is 6.04. The predicted molar refractivity (Wildman–Crippen MR) is 133 cm³/mol. The monoisotopic (exact) mass is 460 g/mol. The third-order valence-corrected chi connectivity index (χ3v) is 6.06. The molecule has 33 heavy (non-hydrogen) atoms. The molecule has 0 aliphatic heterocycles. The Hall–Kier alpha value is -3.57. The molecule has 0 spiro atoms. The highest BCUT2D eigenvalue weighted by atomic mass is 35.5. The molecule has 0 fully saturated rings. The van der Waals surface area contributed by atoms with Crippen LogP contribution in [0.1, 0.15) is 34.1 Å². The van der Waals surface area contributed by atoms with E-state index in [0.717, 1.165) is 28.8 Å². The topological polar surface area (TPSA) is 60.3 Å². The third kappa shape index (κ3) is 4.64. The van der Waals surface area contributed by atoms with Crippen molar-refractivity contribution in [1.82, 2.24) is 4.57 Å². The Morgan fingerprint density at radius 1 is 1.00 bits per heavy atom. The lowest BCUT2D eigenvalue weighted by Crippen LogP contribution is -2.23. The Morgan fingerprint density at radius 3 is 2.45 bits per heavy atom. The number of amides is 1. The smallest absolute Gasteiger partial charge is 0.296 e. The number of aromatic nitrogens is 1. The summed E-state index contributed by atoms with van der Waals surface area (Å²) in [6, 6.07) is 20.7. The van der Waals surface area contributed by atoms with Crippen LogP contribution in [0.4, 0.5) is 5.69 Å². The lowest BCUT2D eigenvalue weighted by atomic mass is 10.1. The number of ketones is 1. The van der Waals surface area contributed by atoms with Crippen LogP contribution in [-0.2, 0) is 17.8 Å². The van der Waals surface area contributed by atoms with Crippen molar-refractivity contribution in [3.8, 4) is 5.75 Å². The van der Waals surface area contributed by atoms with Crippen LogP contribution in [0, 0.1) is 6.92 Å². The second kappa shape index (κ2) is 9.51. The van der Waals surface area contributed by atoms with Gasteiger partial charge in [-0.25, -0.2) is 0 Å². The molecule has 5 nitrogen and oxygen atoms in total. The molecule has 168 valence electrons. The Labute approximate surface area is 197 Å². The van der Waals surface area contributed by atoms with Crippen molar-refractivity contribution in [3.05, 3.63) is 94.1 Å². The Balaban J connectivity index is 1.75. The molecule has 0 aliphatic carbocycles. The molecular formula is C27H25ClN2O3. The molecule has 1 heterocycles. The number of carbonyl (C=O) groups is 2. The first-order valence-corrected chi connectivity index (χ1v) is 11.1. The maximum atomic E-state index is 13.4. The van der Waals surface area contributed by atoms with Crippen LogP contribution in [0.5, 0.6) is 5.75 Å². The number of aryl methyl sites for hydroxylation is 1. The van der Waals surface area contributed by atoms with Crippen LogP contribution in [-0.4, -0.2) is 23.4 Å². The SMILES string of the molecule is CCc1cccc(NC(=O)C(=O)c2c(C)n(Cc3ccc(Cl)cc3)c3ccc(OC)cc23)c1. The normalized spacial score (nSPS) is 10.9. The van der Waals surface area contributed by atoms with Gasteiger partial charge in [0, 0.05) is 33.9 Å². The zero-order valence-electron chi connectivity index (χ0n) is 18.8. The minimum Gasteiger partial charge on any atom is -0.497 e. The number of methoxy groups -OCH3 is 1. The van der Waals surface area contributed by atoms with Gasteiger partial charge in [-0.2, -0.15) is 0 Å². The molecule has 0 saturated carbocycles. The summed E-state index contributed by atoms with van der Waals surface area (Å²) in [5.41, 5.74) is 4.67. The van der Waals surface area contributed by atoms with Gasteiger partial charge in [0.1, 0.15) is 5.75 Å². The van der Waals surface area contributed by atoms with Crippen LogP contribution in [0.15, 0.2) is 66.7 Å². The molecule has 1 aromatic heterocycles. The number of Topliss-reactive ketones (excluding diaryl/α,β-unsaturated/α-hetero) is 1. The molecule has 0 atom stereocenters. The molecule has 0 radical (unpaired) electrons. The summed E-state index contributed by atoms with van der Waals surface area (Å²) in [7, 11) is 1.58. The average molecular weight is 461 g/mol. The summed E-state index contributed by atoms with van der Waals surface area (Å²) in [5, 5.41) is 4.10. The summed E-state index contributed by atoms with van der Waals surface area (Å²) in [6.07, 6.45) is 0.842. The molecule has 1 amide bonds. The lowest BCUT2D eigenvalue weighted by molar-refractivity contribution is -0.112. The fourth-order valence-corrected chi connectivity index (χ4v) is 4.15. The zero-order chi connectivity index (χ0) is 23.5. The number of nitrogens with zero attached hydrogens (tertiary/aromatic N) is 1. The number of anilines is 1. The lowest BCUT2D eigenvalue weighted by Gasteiger charge is -2.10. The van der Waals surface area contributed by atoms with Gasteiger partial charge in [-0.15, -0.1) is 0 Å². The number of carbonyl (C=O) groups excluding carboxylic acids is 2. The van der Waals surface area contributed by atoms with Crippen LogP contribution >= 0.6 is 11.6 Å². The number of rotatable bonds is 7. The van der Waals surface area contributed by atoms with E-state index in [1.165, 1.54) is 0 Å². The van der Waals surface area contributed by atoms with Gasteiger partial charge >= 0.3 is 0 Å². The van der Waals surface area contributed by atoms with Gasteiger partial charge in [-0.1, -0.05) is 42.8 Å². The summed E-state index contributed by atoms with van der Waals surface area (Å²) in [6.45, 7) is 4.44. The first-order chi connectivity index (χ1) is 15.9. The van der Waals surface area contributed by atoms with E-state index in [2.05, 4.69) is 5.32 Å². The molecule has 1 N–H and O–H groups in total. The van der Waals surface area contributed by atoms with E-state index < -0.39 is 11.7 Å². The minimum absolute atomic E-state index is 0.377. The molecule has 0 bridgehead atoms. The van der Waals surface area contributed by atoms with E-state index in [-0.39, 0.29) is 0 Å². The average Bonchev–Trinajstić information content (AvgIpc) is 3.10. The van der Waals surface area contributed by atoms with Crippen molar-refractivity contribution >= 4 is 39.9 Å². The molecular weight excluding hydrogens is 436 g/mol. The number of halogens is 1. The van der Waals surface area contributed by atoms with Crippen molar-refractivity contribution < 1.29 is 14.3 Å². The molecule has 3 aromatic carbocycles. The van der Waals surface area contributed by atoms with Crippen molar-refractivity contribution in [2.75, 3.05) is 12.4 Å². The summed E-state index contributed by atoms with van der Waals surface area (Å²) in [5.74, 6) is -0.626. The van der Waals surface area contributed by atoms with Crippen molar-refractivity contribution in [3.63, 3.8) is 0 Å². The van der Waals surface area contributed by atoms with Gasteiger partial charge in [-0.05, 0) is 66.9 Å². The van der Waals surface area contributed by atoms with Gasteiger partial charge in [0.05, 0.1) is 12.7 Å². The van der Waals surface area contributed by atoms with E-state index >= 15 is 0 Å². The summed E-state index contributed by atoms with van der Waals surface area (Å²) >= 11 is 6.03. The molecule has 6 heteroatoms. The highest BCUT2D eigenvalue weighted by Gasteiger charge is 2.26. The van der Waals surface area contributed by atoms with E-state index in [1.54, 1.807) is 19.2 Å². The minimum atomic E-state index is -0.667. The first-order valence-electron chi connectivity index (χ1n) is 10.8. The number of benzene rings is 3. The van der Waals surface area contributed by atoms with Crippen molar-refractivity contribution in [1.29, 1.82) is 0 Å². The third-order valence-electron chi connectivity index (χ3n) is 5.81. The number of hydrogen-bond acceptors (Lipinski definition) is 3. The van der Waals surface area contributed by atoms with E-state index in [0.29, 0.717) is 34.0 Å². The van der Waals surface area contributed by atoms with E-state index in [9.17, 15) is 9.59 Å². The van der Waals surface area contributed by atoms with Gasteiger partial charge in [0.25, 0.3) is 11.7 Å². The number of ether oxygens (including phenoxy) is 1.